The first-order chi connectivity index (χ1) is 5.70. The van der Waals surface area contributed by atoms with Gasteiger partial charge < -0.3 is 0 Å². The third-order valence-electron chi connectivity index (χ3n) is 1.54. The monoisotopic (exact) mass is 251 g/mol. The first kappa shape index (κ1) is 10.9. The van der Waals surface area contributed by atoms with Crippen LogP contribution in [-0.4, -0.2) is 19.6 Å². The Labute approximate surface area is 104 Å². The van der Waals surface area contributed by atoms with Gasteiger partial charge in [-0.15, -0.1) is 0 Å². The van der Waals surface area contributed by atoms with Gasteiger partial charge in [0, 0.05) is 0 Å². The number of aromatic amines is 1. The summed E-state index contributed by atoms with van der Waals surface area (Å²) in [5.41, 5.74) is 0.474. The molecule has 0 spiro atoms. The molecule has 0 amide bonds. The van der Waals surface area contributed by atoms with E-state index in [0.29, 0.717) is 15.9 Å². The SMILES string of the molecule is Cc1nc2nc[nH]n2c(=O)c1Br.[Na+]. The van der Waals surface area contributed by atoms with Crippen LogP contribution in [0.25, 0.3) is 5.78 Å². The fraction of sp³-hybridized carbons (Fsp3) is 0.167. The van der Waals surface area contributed by atoms with Crippen molar-refractivity contribution in [3.8, 4) is 0 Å². The van der Waals surface area contributed by atoms with Crippen LogP contribution in [0.2, 0.25) is 0 Å². The first-order valence-electron chi connectivity index (χ1n) is 3.28. The largest absolute Gasteiger partial charge is 1.00 e. The van der Waals surface area contributed by atoms with Gasteiger partial charge in [-0.05, 0) is 22.9 Å². The summed E-state index contributed by atoms with van der Waals surface area (Å²) in [7, 11) is 0. The predicted octanol–water partition coefficient (Wildman–Crippen LogP) is -2.51. The van der Waals surface area contributed by atoms with Crippen molar-refractivity contribution in [3.05, 3.63) is 26.8 Å². The summed E-state index contributed by atoms with van der Waals surface area (Å²) in [4.78, 5) is 19.3. The van der Waals surface area contributed by atoms with E-state index in [1.165, 1.54) is 10.8 Å². The van der Waals surface area contributed by atoms with Gasteiger partial charge in [0.15, 0.2) is 0 Å². The number of fused-ring (bicyclic) bond motifs is 1. The Balaban J connectivity index is 0.000000845. The molecule has 0 aliphatic rings. The molecule has 0 aliphatic carbocycles. The summed E-state index contributed by atoms with van der Waals surface area (Å²) in [5, 5.41) is 2.66. The summed E-state index contributed by atoms with van der Waals surface area (Å²) < 4.78 is 1.74. The third-order valence-corrected chi connectivity index (χ3v) is 2.46. The van der Waals surface area contributed by atoms with E-state index in [0.717, 1.165) is 0 Å². The molecular weight excluding hydrogens is 247 g/mol. The van der Waals surface area contributed by atoms with Crippen molar-refractivity contribution in [2.75, 3.05) is 0 Å². The van der Waals surface area contributed by atoms with Gasteiger partial charge in [0.25, 0.3) is 11.3 Å². The van der Waals surface area contributed by atoms with Crippen LogP contribution in [0, 0.1) is 6.92 Å². The van der Waals surface area contributed by atoms with E-state index in [1.54, 1.807) is 6.92 Å². The molecule has 2 aromatic rings. The standard InChI is InChI=1S/C6H5BrN4O.Na/c1-3-4(7)5(12)11-6(10-3)8-2-9-11;/h2H,1H3,(H,8,9,10);/q;+1. The van der Waals surface area contributed by atoms with Crippen molar-refractivity contribution >= 4 is 21.7 Å². The number of nitrogens with one attached hydrogen (secondary N) is 1. The Bertz CT molecular complexity index is 491. The molecule has 2 aromatic heterocycles. The van der Waals surface area contributed by atoms with E-state index >= 15 is 0 Å². The molecule has 0 radical (unpaired) electrons. The molecule has 0 aromatic carbocycles. The molecule has 0 saturated heterocycles. The molecule has 0 saturated carbocycles. The molecule has 0 fully saturated rings. The number of nitrogens with zero attached hydrogens (tertiary/aromatic N) is 3. The van der Waals surface area contributed by atoms with Crippen LogP contribution in [0.4, 0.5) is 0 Å². The molecule has 5 nitrogen and oxygen atoms in total. The van der Waals surface area contributed by atoms with Gasteiger partial charge in [0.1, 0.15) is 10.8 Å². The average molecular weight is 252 g/mol. The Morgan fingerprint density at radius 1 is 1.62 bits per heavy atom. The summed E-state index contributed by atoms with van der Waals surface area (Å²) in [6, 6.07) is 0. The van der Waals surface area contributed by atoms with Crippen LogP contribution in [-0.2, 0) is 0 Å². The molecule has 62 valence electrons. The van der Waals surface area contributed by atoms with Gasteiger partial charge in [0.2, 0.25) is 0 Å². The van der Waals surface area contributed by atoms with Crippen molar-refractivity contribution in [2.24, 2.45) is 0 Å². The number of halogens is 1. The van der Waals surface area contributed by atoms with Gasteiger partial charge in [-0.2, -0.15) is 4.52 Å². The Kier molecular flexibility index (Phi) is 3.28. The second-order valence-corrected chi connectivity index (χ2v) is 3.13. The van der Waals surface area contributed by atoms with Crippen LogP contribution < -0.4 is 35.1 Å². The first-order valence-corrected chi connectivity index (χ1v) is 4.07. The fourth-order valence-corrected chi connectivity index (χ4v) is 1.21. The van der Waals surface area contributed by atoms with Crippen molar-refractivity contribution in [2.45, 2.75) is 6.92 Å². The zero-order valence-corrected chi connectivity index (χ0v) is 10.8. The molecule has 2 rings (SSSR count). The van der Waals surface area contributed by atoms with Crippen molar-refractivity contribution in [1.82, 2.24) is 19.6 Å². The van der Waals surface area contributed by atoms with Gasteiger partial charge >= 0.3 is 29.6 Å². The Hall–Kier alpha value is -0.170. The molecule has 1 N–H and O–H groups in total. The van der Waals surface area contributed by atoms with Gasteiger partial charge in [0.05, 0.1) is 5.69 Å². The summed E-state index contributed by atoms with van der Waals surface area (Å²) in [6.45, 7) is 1.75. The average Bonchev–Trinajstić information content (AvgIpc) is 2.48. The topological polar surface area (TPSA) is 63.1 Å². The fourth-order valence-electron chi connectivity index (χ4n) is 0.940. The predicted molar refractivity (Wildman–Crippen MR) is 46.0 cm³/mol. The number of hydrogen-bond donors (Lipinski definition) is 1. The normalized spacial score (nSPS) is 10.0. The molecular formula is C6H5BrN4NaO+. The number of rotatable bonds is 0. The maximum absolute atomic E-state index is 11.4. The number of aryl methyl sites for hydroxylation is 1. The second kappa shape index (κ2) is 3.91. The van der Waals surface area contributed by atoms with Gasteiger partial charge in [-0.3, -0.25) is 9.89 Å². The van der Waals surface area contributed by atoms with Crippen LogP contribution >= 0.6 is 15.9 Å². The van der Waals surface area contributed by atoms with Gasteiger partial charge in [-0.1, -0.05) is 0 Å². The van der Waals surface area contributed by atoms with Crippen LogP contribution in [0.3, 0.4) is 0 Å². The minimum atomic E-state index is -0.171. The Morgan fingerprint density at radius 3 is 3.00 bits per heavy atom. The van der Waals surface area contributed by atoms with Crippen molar-refractivity contribution in [1.29, 1.82) is 0 Å². The minimum Gasteiger partial charge on any atom is -0.278 e. The molecule has 0 atom stereocenters. The molecule has 13 heavy (non-hydrogen) atoms. The Morgan fingerprint density at radius 2 is 2.31 bits per heavy atom. The van der Waals surface area contributed by atoms with E-state index < -0.39 is 0 Å². The molecule has 7 heteroatoms. The zero-order valence-electron chi connectivity index (χ0n) is 7.21. The zero-order chi connectivity index (χ0) is 8.72. The second-order valence-electron chi connectivity index (χ2n) is 2.34. The molecule has 0 bridgehead atoms. The summed E-state index contributed by atoms with van der Waals surface area (Å²) in [6.07, 6.45) is 1.43. The van der Waals surface area contributed by atoms with Crippen LogP contribution in [0.5, 0.6) is 0 Å². The molecule has 0 aliphatic heterocycles. The van der Waals surface area contributed by atoms with E-state index in [4.69, 9.17) is 0 Å². The number of H-pyrrole nitrogens is 1. The summed E-state index contributed by atoms with van der Waals surface area (Å²) >= 11 is 3.14. The van der Waals surface area contributed by atoms with Crippen molar-refractivity contribution < 1.29 is 29.6 Å². The van der Waals surface area contributed by atoms with Crippen LogP contribution in [0.1, 0.15) is 5.69 Å². The minimum absolute atomic E-state index is 0. The van der Waals surface area contributed by atoms with E-state index in [-0.39, 0.29) is 35.1 Å². The number of aromatic nitrogens is 4. The molecule has 0 unspecified atom stereocenters. The third kappa shape index (κ3) is 1.71. The maximum atomic E-state index is 11.4. The van der Waals surface area contributed by atoms with E-state index in [1.807, 2.05) is 0 Å². The molecule has 2 heterocycles. The summed E-state index contributed by atoms with van der Waals surface area (Å²) in [5.74, 6) is 0.390. The van der Waals surface area contributed by atoms with Crippen molar-refractivity contribution in [3.63, 3.8) is 0 Å². The van der Waals surface area contributed by atoms with E-state index in [2.05, 4.69) is 31.0 Å². The van der Waals surface area contributed by atoms with Crippen LogP contribution in [0.15, 0.2) is 15.6 Å². The number of hydrogen-bond acceptors (Lipinski definition) is 3. The van der Waals surface area contributed by atoms with Gasteiger partial charge in [-0.25, -0.2) is 9.97 Å². The van der Waals surface area contributed by atoms with E-state index in [9.17, 15) is 4.79 Å². The smallest absolute Gasteiger partial charge is 0.278 e. The quantitative estimate of drug-likeness (QED) is 0.527. The maximum Gasteiger partial charge on any atom is 1.00 e.